The number of hydrogen-bond donors (Lipinski definition) is 1. The summed E-state index contributed by atoms with van der Waals surface area (Å²) in [6.45, 7) is 7.35. The molecular formula is C12H23NS. The van der Waals surface area contributed by atoms with E-state index in [0.717, 1.165) is 11.2 Å². The van der Waals surface area contributed by atoms with Crippen molar-refractivity contribution in [1.82, 2.24) is 5.32 Å². The van der Waals surface area contributed by atoms with Gasteiger partial charge in [0.05, 0.1) is 0 Å². The second-order valence-electron chi connectivity index (χ2n) is 4.91. The molecule has 0 saturated carbocycles. The minimum Gasteiger partial charge on any atom is -0.316 e. The number of thioether (sulfide) groups is 1. The van der Waals surface area contributed by atoms with Crippen LogP contribution in [0.2, 0.25) is 0 Å². The first-order valence-electron chi connectivity index (χ1n) is 6.12. The lowest BCUT2D eigenvalue weighted by Crippen LogP contribution is -2.51. The zero-order chi connectivity index (χ0) is 10.0. The summed E-state index contributed by atoms with van der Waals surface area (Å²) in [5.41, 5.74) is 0.683. The molecule has 2 heteroatoms. The monoisotopic (exact) mass is 213 g/mol. The van der Waals surface area contributed by atoms with Crippen molar-refractivity contribution < 1.29 is 0 Å². The number of rotatable bonds is 1. The van der Waals surface area contributed by atoms with E-state index in [1.54, 1.807) is 0 Å². The molecule has 0 amide bonds. The molecule has 3 unspecified atom stereocenters. The lowest BCUT2D eigenvalue weighted by Gasteiger charge is -2.50. The van der Waals surface area contributed by atoms with Gasteiger partial charge < -0.3 is 5.32 Å². The average Bonchev–Trinajstić information content (AvgIpc) is 2.23. The maximum absolute atomic E-state index is 3.57. The summed E-state index contributed by atoms with van der Waals surface area (Å²) in [6.07, 6.45) is 5.71. The molecule has 0 aromatic carbocycles. The van der Waals surface area contributed by atoms with E-state index in [1.807, 2.05) is 0 Å². The minimum atomic E-state index is 0.683. The molecule has 0 aliphatic carbocycles. The van der Waals surface area contributed by atoms with Gasteiger partial charge in [-0.3, -0.25) is 0 Å². The van der Waals surface area contributed by atoms with Crippen LogP contribution in [-0.2, 0) is 0 Å². The van der Waals surface area contributed by atoms with E-state index in [2.05, 4.69) is 30.9 Å². The first kappa shape index (κ1) is 10.8. The Morgan fingerprint density at radius 1 is 1.43 bits per heavy atom. The van der Waals surface area contributed by atoms with Crippen LogP contribution in [0.4, 0.5) is 0 Å². The molecule has 14 heavy (non-hydrogen) atoms. The number of piperidine rings is 1. The third kappa shape index (κ3) is 1.71. The van der Waals surface area contributed by atoms with E-state index in [0.29, 0.717) is 5.41 Å². The predicted molar refractivity (Wildman–Crippen MR) is 64.9 cm³/mol. The molecule has 0 aromatic rings. The molecular weight excluding hydrogens is 190 g/mol. The zero-order valence-electron chi connectivity index (χ0n) is 9.51. The molecule has 2 rings (SSSR count). The van der Waals surface area contributed by atoms with E-state index in [1.165, 1.54) is 44.5 Å². The van der Waals surface area contributed by atoms with Gasteiger partial charge in [0.15, 0.2) is 0 Å². The van der Waals surface area contributed by atoms with Gasteiger partial charge in [-0.05, 0) is 49.4 Å². The van der Waals surface area contributed by atoms with Crippen LogP contribution in [-0.4, -0.2) is 24.1 Å². The molecule has 82 valence electrons. The Hall–Kier alpha value is 0.310. The molecule has 1 spiro atoms. The van der Waals surface area contributed by atoms with Gasteiger partial charge in [-0.25, -0.2) is 0 Å². The second-order valence-corrected chi connectivity index (χ2v) is 6.36. The van der Waals surface area contributed by atoms with E-state index in [-0.39, 0.29) is 0 Å². The Morgan fingerprint density at radius 3 is 3.00 bits per heavy atom. The highest BCUT2D eigenvalue weighted by atomic mass is 32.2. The lowest BCUT2D eigenvalue weighted by molar-refractivity contribution is 0.0883. The van der Waals surface area contributed by atoms with Gasteiger partial charge in [0.2, 0.25) is 0 Å². The van der Waals surface area contributed by atoms with Gasteiger partial charge in [0.25, 0.3) is 0 Å². The topological polar surface area (TPSA) is 12.0 Å². The van der Waals surface area contributed by atoms with Crippen molar-refractivity contribution >= 4 is 11.8 Å². The SMILES string of the molecule is CCC1CNCCC12CCCSC2C. The molecule has 0 aromatic heterocycles. The van der Waals surface area contributed by atoms with Gasteiger partial charge in [0, 0.05) is 5.25 Å². The summed E-state index contributed by atoms with van der Waals surface area (Å²) in [4.78, 5) is 0. The molecule has 2 aliphatic rings. The van der Waals surface area contributed by atoms with Crippen LogP contribution in [0.1, 0.15) is 39.5 Å². The van der Waals surface area contributed by atoms with Crippen LogP contribution in [0.3, 0.4) is 0 Å². The van der Waals surface area contributed by atoms with Crippen molar-refractivity contribution in [2.45, 2.75) is 44.8 Å². The normalized spacial score (nSPS) is 44.1. The van der Waals surface area contributed by atoms with E-state index in [4.69, 9.17) is 0 Å². The summed E-state index contributed by atoms with van der Waals surface area (Å²) in [7, 11) is 0. The lowest BCUT2D eigenvalue weighted by atomic mass is 9.65. The standard InChI is InChI=1S/C12H23NS/c1-3-11-9-13-7-6-12(11)5-4-8-14-10(12)2/h10-11,13H,3-9H2,1-2H3. The Balaban J connectivity index is 2.15. The molecule has 2 aliphatic heterocycles. The summed E-state index contributed by atoms with van der Waals surface area (Å²) in [5.74, 6) is 2.33. The van der Waals surface area contributed by atoms with Crippen molar-refractivity contribution in [3.63, 3.8) is 0 Å². The van der Waals surface area contributed by atoms with Crippen LogP contribution in [0, 0.1) is 11.3 Å². The van der Waals surface area contributed by atoms with Crippen LogP contribution in [0.5, 0.6) is 0 Å². The summed E-state index contributed by atoms with van der Waals surface area (Å²) >= 11 is 2.21. The molecule has 1 nitrogen and oxygen atoms in total. The molecule has 2 fully saturated rings. The fourth-order valence-corrected chi connectivity index (χ4v) is 4.88. The summed E-state index contributed by atoms with van der Waals surface area (Å²) in [6, 6.07) is 0. The van der Waals surface area contributed by atoms with Crippen LogP contribution >= 0.6 is 11.8 Å². The van der Waals surface area contributed by atoms with E-state index in [9.17, 15) is 0 Å². The maximum Gasteiger partial charge on any atom is 0.00787 e. The molecule has 2 saturated heterocycles. The van der Waals surface area contributed by atoms with Gasteiger partial charge in [-0.15, -0.1) is 0 Å². The Kier molecular flexibility index (Phi) is 3.43. The quantitative estimate of drug-likeness (QED) is 0.719. The fraction of sp³-hybridized carbons (Fsp3) is 1.00. The van der Waals surface area contributed by atoms with Gasteiger partial charge in [-0.1, -0.05) is 20.3 Å². The first-order chi connectivity index (χ1) is 6.79. The van der Waals surface area contributed by atoms with Crippen molar-refractivity contribution in [3.8, 4) is 0 Å². The molecule has 1 N–H and O–H groups in total. The number of nitrogens with one attached hydrogen (secondary N) is 1. The van der Waals surface area contributed by atoms with Crippen LogP contribution < -0.4 is 5.32 Å². The van der Waals surface area contributed by atoms with Crippen molar-refractivity contribution in [1.29, 1.82) is 0 Å². The Morgan fingerprint density at radius 2 is 2.29 bits per heavy atom. The third-order valence-electron chi connectivity index (χ3n) is 4.43. The average molecular weight is 213 g/mol. The predicted octanol–water partition coefficient (Wildman–Crippen LogP) is 2.91. The second kappa shape index (κ2) is 4.44. The summed E-state index contributed by atoms with van der Waals surface area (Å²) in [5, 5.41) is 4.46. The Bertz CT molecular complexity index is 189. The third-order valence-corrected chi connectivity index (χ3v) is 5.92. The maximum atomic E-state index is 3.57. The van der Waals surface area contributed by atoms with E-state index >= 15 is 0 Å². The van der Waals surface area contributed by atoms with E-state index < -0.39 is 0 Å². The van der Waals surface area contributed by atoms with Gasteiger partial charge >= 0.3 is 0 Å². The zero-order valence-corrected chi connectivity index (χ0v) is 10.3. The minimum absolute atomic E-state index is 0.683. The van der Waals surface area contributed by atoms with Crippen molar-refractivity contribution in [3.05, 3.63) is 0 Å². The molecule has 0 bridgehead atoms. The van der Waals surface area contributed by atoms with Crippen LogP contribution in [0.25, 0.3) is 0 Å². The van der Waals surface area contributed by atoms with Crippen molar-refractivity contribution in [2.24, 2.45) is 11.3 Å². The van der Waals surface area contributed by atoms with Gasteiger partial charge in [-0.2, -0.15) is 11.8 Å². The molecule has 0 radical (unpaired) electrons. The first-order valence-corrected chi connectivity index (χ1v) is 7.17. The van der Waals surface area contributed by atoms with Crippen molar-refractivity contribution in [2.75, 3.05) is 18.8 Å². The highest BCUT2D eigenvalue weighted by Gasteiger charge is 2.45. The largest absolute Gasteiger partial charge is 0.316 e. The highest BCUT2D eigenvalue weighted by Crippen LogP contribution is 2.50. The molecule has 3 atom stereocenters. The smallest absolute Gasteiger partial charge is 0.00787 e. The Labute approximate surface area is 92.4 Å². The van der Waals surface area contributed by atoms with Crippen LogP contribution in [0.15, 0.2) is 0 Å². The van der Waals surface area contributed by atoms with Gasteiger partial charge in [0.1, 0.15) is 0 Å². The number of hydrogen-bond acceptors (Lipinski definition) is 2. The summed E-state index contributed by atoms with van der Waals surface area (Å²) < 4.78 is 0. The highest BCUT2D eigenvalue weighted by molar-refractivity contribution is 7.99. The molecule has 2 heterocycles. The fourth-order valence-electron chi connectivity index (χ4n) is 3.45.